The Morgan fingerprint density at radius 2 is 1.73 bits per heavy atom. The molecule has 3 rings (SSSR count). The number of hydrogen-bond donors (Lipinski definition) is 3. The smallest absolute Gasteiger partial charge is 0.313 e. The average molecular weight is 448 g/mol. The van der Waals surface area contributed by atoms with Gasteiger partial charge in [-0.3, -0.25) is 14.4 Å². The van der Waals surface area contributed by atoms with Gasteiger partial charge in [0.1, 0.15) is 17.3 Å². The predicted molar refractivity (Wildman–Crippen MR) is 123 cm³/mol. The van der Waals surface area contributed by atoms with Crippen molar-refractivity contribution in [1.29, 1.82) is 0 Å². The molecule has 0 saturated heterocycles. The zero-order valence-corrected chi connectivity index (χ0v) is 18.5. The number of carbonyl (C=O) groups is 3. The normalized spacial score (nSPS) is 10.6. The van der Waals surface area contributed by atoms with Crippen LogP contribution in [0, 0.1) is 13.8 Å². The highest BCUT2D eigenvalue weighted by atomic mass is 16.5. The van der Waals surface area contributed by atoms with Gasteiger partial charge in [0.25, 0.3) is 5.91 Å². The van der Waals surface area contributed by atoms with Gasteiger partial charge in [0.15, 0.2) is 0 Å². The van der Waals surface area contributed by atoms with Crippen molar-refractivity contribution in [1.82, 2.24) is 10.7 Å². The van der Waals surface area contributed by atoms with E-state index in [1.807, 2.05) is 19.9 Å². The fourth-order valence-corrected chi connectivity index (χ4v) is 2.78. The van der Waals surface area contributed by atoms with Crippen LogP contribution in [0.3, 0.4) is 0 Å². The number of aryl methyl sites for hydroxylation is 2. The van der Waals surface area contributed by atoms with E-state index >= 15 is 0 Å². The number of nitrogens with one attached hydrogen (secondary N) is 3. The Balaban J connectivity index is 1.46. The summed E-state index contributed by atoms with van der Waals surface area (Å²) in [4.78, 5) is 36.2. The topological polar surface area (TPSA) is 122 Å². The van der Waals surface area contributed by atoms with E-state index < -0.39 is 11.8 Å². The number of hydrazone groups is 1. The van der Waals surface area contributed by atoms with Crippen LogP contribution in [-0.4, -0.2) is 31.0 Å². The first-order valence-electron chi connectivity index (χ1n) is 10.1. The molecule has 2 aromatic carbocycles. The highest BCUT2D eigenvalue weighted by Crippen LogP contribution is 2.14. The zero-order chi connectivity index (χ0) is 23.8. The molecular weight excluding hydrogens is 424 g/mol. The number of rotatable bonds is 7. The Morgan fingerprint density at radius 1 is 0.970 bits per heavy atom. The largest absolute Gasteiger partial charge is 0.497 e. The van der Waals surface area contributed by atoms with E-state index in [0.717, 1.165) is 11.1 Å². The Labute approximate surface area is 190 Å². The van der Waals surface area contributed by atoms with Crippen molar-refractivity contribution in [2.24, 2.45) is 5.10 Å². The fraction of sp³-hybridized carbons (Fsp3) is 0.167. The molecular formula is C24H24N4O5. The van der Waals surface area contributed by atoms with Crippen LogP contribution < -0.4 is 20.8 Å². The number of anilines is 1. The molecule has 0 aliphatic rings. The van der Waals surface area contributed by atoms with Crippen LogP contribution in [0.15, 0.2) is 64.1 Å². The van der Waals surface area contributed by atoms with Crippen molar-refractivity contribution in [3.8, 4) is 5.75 Å². The second-order valence-electron chi connectivity index (χ2n) is 7.17. The number of hydrogen-bond acceptors (Lipinski definition) is 6. The quantitative estimate of drug-likeness (QED) is 0.291. The maximum atomic E-state index is 12.1. The van der Waals surface area contributed by atoms with Gasteiger partial charge in [-0.05, 0) is 73.5 Å². The Kier molecular flexibility index (Phi) is 7.59. The Hall–Kier alpha value is -4.40. The summed E-state index contributed by atoms with van der Waals surface area (Å²) in [7, 11) is 1.55. The summed E-state index contributed by atoms with van der Waals surface area (Å²) in [5.74, 6) is -0.505. The number of ether oxygens (including phenoxy) is 1. The fourth-order valence-electron chi connectivity index (χ4n) is 2.78. The monoisotopic (exact) mass is 448 g/mol. The molecule has 0 atom stereocenters. The van der Waals surface area contributed by atoms with Gasteiger partial charge in [0, 0.05) is 11.3 Å². The molecule has 1 aromatic heterocycles. The van der Waals surface area contributed by atoms with Gasteiger partial charge in [-0.25, -0.2) is 5.43 Å². The molecule has 0 fully saturated rings. The third-order valence-electron chi connectivity index (χ3n) is 4.79. The summed E-state index contributed by atoms with van der Waals surface area (Å²) in [6.07, 6.45) is 1.33. The highest BCUT2D eigenvalue weighted by molar-refractivity contribution is 6.39. The van der Waals surface area contributed by atoms with Crippen LogP contribution in [-0.2, 0) is 16.1 Å². The summed E-state index contributed by atoms with van der Waals surface area (Å²) >= 11 is 0. The van der Waals surface area contributed by atoms with Gasteiger partial charge < -0.3 is 19.8 Å². The molecule has 33 heavy (non-hydrogen) atoms. The average Bonchev–Trinajstić information content (AvgIpc) is 3.27. The number of nitrogens with zero attached hydrogens (tertiary/aromatic N) is 1. The van der Waals surface area contributed by atoms with Gasteiger partial charge in [0.2, 0.25) is 0 Å². The third-order valence-corrected chi connectivity index (χ3v) is 4.79. The number of amides is 3. The minimum absolute atomic E-state index is 0.0191. The molecule has 0 aliphatic carbocycles. The first-order chi connectivity index (χ1) is 15.9. The molecule has 0 aliphatic heterocycles. The lowest BCUT2D eigenvalue weighted by Crippen LogP contribution is -2.34. The standard InChI is InChI=1S/C24H24N4O5/c1-15-4-7-18(12-16(15)2)27-24(31)23(30)25-13-20-10-11-21(33-20)14-26-28-22(29)17-5-8-19(32-3)9-6-17/h4-12,14H,13H2,1-3H3,(H,25,30)(H,27,31)(H,28,29)/b26-14-. The molecule has 9 heteroatoms. The van der Waals surface area contributed by atoms with Crippen LogP contribution in [0.4, 0.5) is 5.69 Å². The summed E-state index contributed by atoms with van der Waals surface area (Å²) in [5.41, 5.74) is 5.48. The van der Waals surface area contributed by atoms with Gasteiger partial charge in [-0.2, -0.15) is 5.10 Å². The van der Waals surface area contributed by atoms with Crippen molar-refractivity contribution in [2.45, 2.75) is 20.4 Å². The van der Waals surface area contributed by atoms with Crippen molar-refractivity contribution < 1.29 is 23.5 Å². The van der Waals surface area contributed by atoms with E-state index in [1.54, 1.807) is 55.6 Å². The summed E-state index contributed by atoms with van der Waals surface area (Å²) in [5, 5.41) is 8.91. The van der Waals surface area contributed by atoms with Gasteiger partial charge in [0.05, 0.1) is 19.9 Å². The van der Waals surface area contributed by atoms with Crippen LogP contribution >= 0.6 is 0 Å². The van der Waals surface area contributed by atoms with Gasteiger partial charge in [-0.15, -0.1) is 0 Å². The second-order valence-corrected chi connectivity index (χ2v) is 7.17. The minimum atomic E-state index is -0.786. The molecule has 0 saturated carbocycles. The maximum absolute atomic E-state index is 12.1. The van der Waals surface area contributed by atoms with Crippen LogP contribution in [0.2, 0.25) is 0 Å². The predicted octanol–water partition coefficient (Wildman–Crippen LogP) is 2.92. The highest BCUT2D eigenvalue weighted by Gasteiger charge is 2.14. The first kappa shape index (κ1) is 23.3. The molecule has 0 spiro atoms. The molecule has 170 valence electrons. The van der Waals surface area contributed by atoms with E-state index in [2.05, 4.69) is 21.2 Å². The van der Waals surface area contributed by atoms with E-state index in [9.17, 15) is 14.4 Å². The number of benzene rings is 2. The van der Waals surface area contributed by atoms with Gasteiger partial charge >= 0.3 is 11.8 Å². The number of methoxy groups -OCH3 is 1. The SMILES string of the molecule is COc1ccc(C(=O)N/N=C\c2ccc(CNC(=O)C(=O)Nc3ccc(C)c(C)c3)o2)cc1. The zero-order valence-electron chi connectivity index (χ0n) is 18.5. The Bertz CT molecular complexity index is 1180. The summed E-state index contributed by atoms with van der Waals surface area (Å²) in [6.45, 7) is 3.91. The van der Waals surface area contributed by atoms with E-state index in [-0.39, 0.29) is 12.5 Å². The molecule has 3 aromatic rings. The lowest BCUT2D eigenvalue weighted by Gasteiger charge is -2.07. The molecule has 9 nitrogen and oxygen atoms in total. The van der Waals surface area contributed by atoms with E-state index in [4.69, 9.17) is 9.15 Å². The van der Waals surface area contributed by atoms with Crippen LogP contribution in [0.1, 0.15) is 33.0 Å². The molecule has 0 bridgehead atoms. The lowest BCUT2D eigenvalue weighted by molar-refractivity contribution is -0.136. The summed E-state index contributed by atoms with van der Waals surface area (Å²) < 4.78 is 10.6. The van der Waals surface area contributed by atoms with Crippen molar-refractivity contribution in [3.63, 3.8) is 0 Å². The lowest BCUT2D eigenvalue weighted by atomic mass is 10.1. The third kappa shape index (κ3) is 6.54. The first-order valence-corrected chi connectivity index (χ1v) is 10.1. The van der Waals surface area contributed by atoms with E-state index in [0.29, 0.717) is 28.5 Å². The molecule has 3 N–H and O–H groups in total. The molecule has 1 heterocycles. The molecule has 3 amide bonds. The summed E-state index contributed by atoms with van der Waals surface area (Å²) in [6, 6.07) is 15.2. The van der Waals surface area contributed by atoms with Gasteiger partial charge in [-0.1, -0.05) is 6.07 Å². The second kappa shape index (κ2) is 10.8. The van der Waals surface area contributed by atoms with Crippen LogP contribution in [0.5, 0.6) is 5.75 Å². The minimum Gasteiger partial charge on any atom is -0.497 e. The van der Waals surface area contributed by atoms with Crippen molar-refractivity contribution in [3.05, 3.63) is 82.8 Å². The molecule has 0 radical (unpaired) electrons. The maximum Gasteiger partial charge on any atom is 0.313 e. The molecule has 0 unspecified atom stereocenters. The Morgan fingerprint density at radius 3 is 2.42 bits per heavy atom. The van der Waals surface area contributed by atoms with E-state index in [1.165, 1.54) is 6.21 Å². The number of furan rings is 1. The number of carbonyl (C=O) groups excluding carboxylic acids is 3. The van der Waals surface area contributed by atoms with Crippen LogP contribution in [0.25, 0.3) is 0 Å². The van der Waals surface area contributed by atoms with Crippen molar-refractivity contribution >= 4 is 29.6 Å². The van der Waals surface area contributed by atoms with Crippen molar-refractivity contribution in [2.75, 3.05) is 12.4 Å².